The van der Waals surface area contributed by atoms with Crippen LogP contribution in [-0.2, 0) is 4.79 Å². The summed E-state index contributed by atoms with van der Waals surface area (Å²) in [4.78, 5) is 14.6. The van der Waals surface area contributed by atoms with E-state index < -0.39 is 0 Å². The van der Waals surface area contributed by atoms with Crippen LogP contribution in [0.1, 0.15) is 12.5 Å². The summed E-state index contributed by atoms with van der Waals surface area (Å²) in [5, 5.41) is 19.9. The summed E-state index contributed by atoms with van der Waals surface area (Å²) in [7, 11) is 3.15. The number of aromatic amines is 1. The van der Waals surface area contributed by atoms with Crippen molar-refractivity contribution in [2.75, 3.05) is 24.9 Å². The van der Waals surface area contributed by atoms with E-state index in [9.17, 15) is 10.1 Å². The molecule has 0 radical (unpaired) electrons. The van der Waals surface area contributed by atoms with Gasteiger partial charge in [0.05, 0.1) is 26.1 Å². The molecule has 0 aliphatic rings. The van der Waals surface area contributed by atoms with Crippen molar-refractivity contribution in [3.05, 3.63) is 54.2 Å². The summed E-state index contributed by atoms with van der Waals surface area (Å²) in [5.41, 5.74) is 4.04. The Morgan fingerprint density at radius 1 is 1.10 bits per heavy atom. The van der Waals surface area contributed by atoms with Gasteiger partial charge in [0.15, 0.2) is 23.0 Å². The number of ether oxygens (including phenoxy) is 2. The Bertz CT molecular complexity index is 1300. The van der Waals surface area contributed by atoms with E-state index in [1.165, 1.54) is 13.1 Å². The van der Waals surface area contributed by atoms with Gasteiger partial charge in [0, 0.05) is 29.9 Å². The van der Waals surface area contributed by atoms with Crippen LogP contribution in [0.3, 0.4) is 0 Å². The van der Waals surface area contributed by atoms with E-state index in [-0.39, 0.29) is 5.91 Å². The molecule has 0 atom stereocenters. The van der Waals surface area contributed by atoms with Crippen molar-refractivity contribution < 1.29 is 14.3 Å². The monoisotopic (exact) mass is 416 g/mol. The van der Waals surface area contributed by atoms with Gasteiger partial charge in [0.25, 0.3) is 0 Å². The van der Waals surface area contributed by atoms with Crippen molar-refractivity contribution in [3.63, 3.8) is 0 Å². The molecule has 2 aromatic heterocycles. The highest BCUT2D eigenvalue weighted by Crippen LogP contribution is 2.35. The summed E-state index contributed by atoms with van der Waals surface area (Å²) < 4.78 is 12.3. The van der Waals surface area contributed by atoms with E-state index in [1.54, 1.807) is 24.8 Å². The van der Waals surface area contributed by atoms with E-state index in [0.717, 1.165) is 16.9 Å². The van der Waals surface area contributed by atoms with Gasteiger partial charge in [-0.2, -0.15) is 14.9 Å². The minimum absolute atomic E-state index is 0.138. The molecular formula is C22H20N6O3. The van der Waals surface area contributed by atoms with Crippen molar-refractivity contribution in [1.82, 2.24) is 14.6 Å². The zero-order valence-electron chi connectivity index (χ0n) is 17.2. The van der Waals surface area contributed by atoms with Gasteiger partial charge in [0.2, 0.25) is 5.91 Å². The Morgan fingerprint density at radius 3 is 2.45 bits per heavy atom. The molecule has 2 heterocycles. The maximum Gasteiger partial charge on any atom is 0.221 e. The molecule has 0 aliphatic heterocycles. The first-order chi connectivity index (χ1) is 15.0. The van der Waals surface area contributed by atoms with Crippen LogP contribution in [0.25, 0.3) is 16.9 Å². The third-order valence-electron chi connectivity index (χ3n) is 4.72. The topological polar surface area (TPSA) is 116 Å². The predicted octanol–water partition coefficient (Wildman–Crippen LogP) is 3.92. The minimum Gasteiger partial charge on any atom is -0.493 e. The van der Waals surface area contributed by atoms with E-state index in [1.807, 2.05) is 36.4 Å². The molecule has 0 aliphatic carbocycles. The molecule has 9 heteroatoms. The molecule has 4 rings (SSSR count). The number of fused-ring (bicyclic) bond motifs is 1. The second-order valence-corrected chi connectivity index (χ2v) is 6.73. The number of amides is 1. The molecule has 0 unspecified atom stereocenters. The standard InChI is InChI=1S/C22H20N6O3/c1-13(29)25-16-6-4-14(5-7-16)20-22(28-21(27-20)15(11-23)12-24-28)26-17-8-9-18(30-2)19(10-17)31-3/h4-10,12,26-27H,1-3H3,(H,25,29). The minimum atomic E-state index is -0.138. The number of nitrogens with one attached hydrogen (secondary N) is 3. The Balaban J connectivity index is 1.79. The first-order valence-electron chi connectivity index (χ1n) is 9.41. The van der Waals surface area contributed by atoms with E-state index in [0.29, 0.717) is 34.2 Å². The van der Waals surface area contributed by atoms with Crippen molar-refractivity contribution in [2.45, 2.75) is 6.92 Å². The zero-order chi connectivity index (χ0) is 22.0. The number of nitrogens with zero attached hydrogens (tertiary/aromatic N) is 3. The molecule has 4 aromatic rings. The molecule has 0 spiro atoms. The number of nitriles is 1. The maximum atomic E-state index is 11.3. The molecule has 0 saturated carbocycles. The van der Waals surface area contributed by atoms with Crippen LogP contribution >= 0.6 is 0 Å². The highest BCUT2D eigenvalue weighted by Gasteiger charge is 2.18. The lowest BCUT2D eigenvalue weighted by molar-refractivity contribution is -0.114. The third-order valence-corrected chi connectivity index (χ3v) is 4.72. The number of benzene rings is 2. The normalized spacial score (nSPS) is 10.5. The third kappa shape index (κ3) is 3.74. The quantitative estimate of drug-likeness (QED) is 0.439. The zero-order valence-corrected chi connectivity index (χ0v) is 17.2. The predicted molar refractivity (Wildman–Crippen MR) is 117 cm³/mol. The van der Waals surface area contributed by atoms with Crippen molar-refractivity contribution in [3.8, 4) is 28.8 Å². The highest BCUT2D eigenvalue weighted by atomic mass is 16.5. The molecule has 2 aromatic carbocycles. The van der Waals surface area contributed by atoms with Gasteiger partial charge in [-0.15, -0.1) is 0 Å². The molecule has 9 nitrogen and oxygen atoms in total. The van der Waals surface area contributed by atoms with Gasteiger partial charge in [-0.3, -0.25) is 4.79 Å². The molecular weight excluding hydrogens is 396 g/mol. The van der Waals surface area contributed by atoms with E-state index >= 15 is 0 Å². The smallest absolute Gasteiger partial charge is 0.221 e. The summed E-state index contributed by atoms with van der Waals surface area (Å²) in [6.45, 7) is 1.46. The lowest BCUT2D eigenvalue weighted by atomic mass is 10.1. The molecule has 156 valence electrons. The van der Waals surface area contributed by atoms with Crippen LogP contribution in [0, 0.1) is 11.3 Å². The fourth-order valence-electron chi connectivity index (χ4n) is 3.30. The second kappa shape index (κ2) is 8.12. The summed E-state index contributed by atoms with van der Waals surface area (Å²) in [6.07, 6.45) is 1.51. The number of hydrogen-bond donors (Lipinski definition) is 3. The Kier molecular flexibility index (Phi) is 5.20. The number of aromatic nitrogens is 3. The summed E-state index contributed by atoms with van der Waals surface area (Å²) in [6, 6.07) is 15.0. The molecule has 0 fully saturated rings. The highest BCUT2D eigenvalue weighted by molar-refractivity contribution is 5.89. The fraction of sp³-hybridized carbons (Fsp3) is 0.136. The van der Waals surface area contributed by atoms with E-state index in [2.05, 4.69) is 26.8 Å². The number of carbonyl (C=O) groups excluding carboxylic acids is 1. The molecule has 3 N–H and O–H groups in total. The number of carbonyl (C=O) groups is 1. The Morgan fingerprint density at radius 2 is 1.81 bits per heavy atom. The number of imidazole rings is 1. The number of methoxy groups -OCH3 is 2. The van der Waals surface area contributed by atoms with Gasteiger partial charge in [0.1, 0.15) is 11.6 Å². The van der Waals surface area contributed by atoms with Crippen LogP contribution in [0.2, 0.25) is 0 Å². The van der Waals surface area contributed by atoms with E-state index in [4.69, 9.17) is 9.47 Å². The number of anilines is 3. The second-order valence-electron chi connectivity index (χ2n) is 6.73. The van der Waals surface area contributed by atoms with Crippen LogP contribution in [0.4, 0.5) is 17.2 Å². The average molecular weight is 416 g/mol. The van der Waals surface area contributed by atoms with Crippen LogP contribution < -0.4 is 20.1 Å². The maximum absolute atomic E-state index is 11.3. The Hall–Kier alpha value is -4.45. The SMILES string of the molecule is COc1ccc(Nc2c(-c3ccc(NC(C)=O)cc3)[nH]c3c(C#N)cnn23)cc1OC. The molecule has 0 saturated heterocycles. The molecule has 0 bridgehead atoms. The molecule has 1 amide bonds. The lowest BCUT2D eigenvalue weighted by Crippen LogP contribution is -2.05. The molecule has 31 heavy (non-hydrogen) atoms. The number of hydrogen-bond acceptors (Lipinski definition) is 6. The van der Waals surface area contributed by atoms with Gasteiger partial charge in [-0.25, -0.2) is 0 Å². The van der Waals surface area contributed by atoms with Gasteiger partial charge >= 0.3 is 0 Å². The largest absolute Gasteiger partial charge is 0.493 e. The van der Waals surface area contributed by atoms with Crippen LogP contribution in [0.5, 0.6) is 11.5 Å². The van der Waals surface area contributed by atoms with Gasteiger partial charge in [-0.05, 0) is 24.3 Å². The lowest BCUT2D eigenvalue weighted by Gasteiger charge is -2.12. The average Bonchev–Trinajstić information content (AvgIpc) is 3.33. The van der Waals surface area contributed by atoms with Crippen LogP contribution in [-0.4, -0.2) is 34.7 Å². The van der Waals surface area contributed by atoms with Crippen LogP contribution in [0.15, 0.2) is 48.7 Å². The Labute approximate surface area is 178 Å². The van der Waals surface area contributed by atoms with Crippen molar-refractivity contribution >= 4 is 28.7 Å². The first kappa shape index (κ1) is 19.8. The summed E-state index contributed by atoms with van der Waals surface area (Å²) >= 11 is 0. The van der Waals surface area contributed by atoms with Gasteiger partial charge < -0.3 is 25.1 Å². The fourth-order valence-corrected chi connectivity index (χ4v) is 3.30. The van der Waals surface area contributed by atoms with Gasteiger partial charge in [-0.1, -0.05) is 12.1 Å². The van der Waals surface area contributed by atoms with Crippen molar-refractivity contribution in [1.29, 1.82) is 5.26 Å². The van der Waals surface area contributed by atoms with Crippen molar-refractivity contribution in [2.24, 2.45) is 0 Å². The first-order valence-corrected chi connectivity index (χ1v) is 9.41. The number of H-pyrrole nitrogens is 1. The number of rotatable bonds is 6. The summed E-state index contributed by atoms with van der Waals surface area (Å²) in [5.74, 6) is 1.71.